The number of hydrogen-bond acceptors (Lipinski definition) is 3. The highest BCUT2D eigenvalue weighted by atomic mass is 32.1. The van der Waals surface area contributed by atoms with E-state index in [4.69, 9.17) is 5.73 Å². The first-order chi connectivity index (χ1) is 9.00. The van der Waals surface area contributed by atoms with Gasteiger partial charge < -0.3 is 10.6 Å². The summed E-state index contributed by atoms with van der Waals surface area (Å²) in [5, 5.41) is 0. The van der Waals surface area contributed by atoms with E-state index in [2.05, 4.69) is 0 Å². The summed E-state index contributed by atoms with van der Waals surface area (Å²) in [5.41, 5.74) is 7.62. The van der Waals surface area contributed by atoms with Gasteiger partial charge in [-0.1, -0.05) is 30.3 Å². The summed E-state index contributed by atoms with van der Waals surface area (Å²) < 4.78 is 0. The van der Waals surface area contributed by atoms with Gasteiger partial charge in [0.05, 0.1) is 10.9 Å². The lowest BCUT2D eigenvalue weighted by Gasteiger charge is -2.24. The third kappa shape index (κ3) is 2.79. The molecule has 2 N–H and O–H groups in total. The Bertz CT molecular complexity index is 558. The van der Waals surface area contributed by atoms with E-state index in [1.54, 1.807) is 11.0 Å². The van der Waals surface area contributed by atoms with Gasteiger partial charge in [0.1, 0.15) is 0 Å². The van der Waals surface area contributed by atoms with Gasteiger partial charge in [0.2, 0.25) is 0 Å². The number of rotatable bonds is 3. The smallest absolute Gasteiger partial charge is 0.264 e. The molecule has 4 heteroatoms. The van der Waals surface area contributed by atoms with Crippen molar-refractivity contribution in [3.05, 3.63) is 51.7 Å². The molecule has 0 radical (unpaired) electrons. The summed E-state index contributed by atoms with van der Waals surface area (Å²) in [6.45, 7) is 3.95. The van der Waals surface area contributed by atoms with Gasteiger partial charge >= 0.3 is 0 Å². The van der Waals surface area contributed by atoms with Gasteiger partial charge in [-0.15, -0.1) is 11.3 Å². The minimum Gasteiger partial charge on any atom is -0.398 e. The average Bonchev–Trinajstić information content (AvgIpc) is 2.77. The van der Waals surface area contributed by atoms with Crippen LogP contribution in [0.2, 0.25) is 0 Å². The minimum absolute atomic E-state index is 0.0150. The fourth-order valence-corrected chi connectivity index (χ4v) is 2.83. The Kier molecular flexibility index (Phi) is 3.90. The molecular formula is C15H18N2OS. The maximum Gasteiger partial charge on any atom is 0.264 e. The summed E-state index contributed by atoms with van der Waals surface area (Å²) in [4.78, 5) is 15.8. The standard InChI is InChI=1S/C15H18N2OS/c1-10(12-7-5-4-6-8-12)17(3)15(18)14-9-13(16)11(2)19-14/h4-10H,16H2,1-3H3. The number of benzene rings is 1. The molecular weight excluding hydrogens is 256 g/mol. The molecule has 1 atom stereocenters. The van der Waals surface area contributed by atoms with E-state index >= 15 is 0 Å². The van der Waals surface area contributed by atoms with Crippen molar-refractivity contribution in [2.45, 2.75) is 19.9 Å². The Morgan fingerprint density at radius 3 is 2.47 bits per heavy atom. The fourth-order valence-electron chi connectivity index (χ4n) is 1.91. The predicted octanol–water partition coefficient (Wildman–Crippen LogP) is 3.47. The van der Waals surface area contributed by atoms with Crippen LogP contribution in [-0.2, 0) is 0 Å². The number of carbonyl (C=O) groups excluding carboxylic acids is 1. The number of nitrogens with zero attached hydrogens (tertiary/aromatic N) is 1. The first-order valence-electron chi connectivity index (χ1n) is 6.18. The number of nitrogens with two attached hydrogens (primary N) is 1. The van der Waals surface area contributed by atoms with Gasteiger partial charge in [-0.05, 0) is 25.5 Å². The molecule has 2 rings (SSSR count). The fraction of sp³-hybridized carbons (Fsp3) is 0.267. The number of thiophene rings is 1. The maximum atomic E-state index is 12.4. The maximum absolute atomic E-state index is 12.4. The molecule has 0 fully saturated rings. The lowest BCUT2D eigenvalue weighted by molar-refractivity contribution is 0.0747. The second-order valence-electron chi connectivity index (χ2n) is 4.62. The molecule has 3 nitrogen and oxygen atoms in total. The molecule has 0 saturated heterocycles. The number of anilines is 1. The van der Waals surface area contributed by atoms with Gasteiger partial charge in [0, 0.05) is 17.6 Å². The van der Waals surface area contributed by atoms with Crippen LogP contribution in [0.5, 0.6) is 0 Å². The van der Waals surface area contributed by atoms with E-state index in [1.165, 1.54) is 11.3 Å². The predicted molar refractivity (Wildman–Crippen MR) is 80.4 cm³/mol. The van der Waals surface area contributed by atoms with Crippen molar-refractivity contribution in [2.24, 2.45) is 0 Å². The van der Waals surface area contributed by atoms with Crippen molar-refractivity contribution >= 4 is 22.9 Å². The quantitative estimate of drug-likeness (QED) is 0.931. The molecule has 1 unspecified atom stereocenters. The molecule has 0 aliphatic carbocycles. The average molecular weight is 274 g/mol. The molecule has 1 aromatic carbocycles. The molecule has 0 saturated carbocycles. The number of carbonyl (C=O) groups is 1. The van der Waals surface area contributed by atoms with Gasteiger partial charge in [-0.2, -0.15) is 0 Å². The van der Waals surface area contributed by atoms with Crippen LogP contribution < -0.4 is 5.73 Å². The van der Waals surface area contributed by atoms with Gasteiger partial charge in [-0.3, -0.25) is 4.79 Å². The van der Waals surface area contributed by atoms with Crippen LogP contribution in [0.25, 0.3) is 0 Å². The third-order valence-electron chi connectivity index (χ3n) is 3.35. The third-order valence-corrected chi connectivity index (χ3v) is 4.40. The highest BCUT2D eigenvalue weighted by molar-refractivity contribution is 7.14. The second kappa shape index (κ2) is 5.45. The van der Waals surface area contributed by atoms with Gasteiger partial charge in [-0.25, -0.2) is 0 Å². The molecule has 0 spiro atoms. The topological polar surface area (TPSA) is 46.3 Å². The summed E-state index contributed by atoms with van der Waals surface area (Å²) in [7, 11) is 1.82. The molecule has 0 aliphatic heterocycles. The van der Waals surface area contributed by atoms with Crippen LogP contribution in [0.3, 0.4) is 0 Å². The highest BCUT2D eigenvalue weighted by Gasteiger charge is 2.20. The first kappa shape index (κ1) is 13.6. The van der Waals surface area contributed by atoms with E-state index in [0.717, 1.165) is 10.4 Å². The van der Waals surface area contributed by atoms with Crippen molar-refractivity contribution in [3.8, 4) is 0 Å². The molecule has 100 valence electrons. The minimum atomic E-state index is 0.0150. The van der Waals surface area contributed by atoms with Crippen molar-refractivity contribution < 1.29 is 4.79 Å². The molecule has 1 aromatic heterocycles. The summed E-state index contributed by atoms with van der Waals surface area (Å²) in [6.07, 6.45) is 0. The molecule has 1 amide bonds. The Morgan fingerprint density at radius 2 is 1.95 bits per heavy atom. The zero-order chi connectivity index (χ0) is 14.0. The number of amides is 1. The van der Waals surface area contributed by atoms with Crippen LogP contribution >= 0.6 is 11.3 Å². The number of hydrogen-bond donors (Lipinski definition) is 1. The Balaban J connectivity index is 2.19. The first-order valence-corrected chi connectivity index (χ1v) is 7.00. The molecule has 19 heavy (non-hydrogen) atoms. The van der Waals surface area contributed by atoms with E-state index in [0.29, 0.717) is 10.6 Å². The monoisotopic (exact) mass is 274 g/mol. The number of nitrogen functional groups attached to an aromatic ring is 1. The number of aryl methyl sites for hydroxylation is 1. The molecule has 0 bridgehead atoms. The van der Waals surface area contributed by atoms with Crippen molar-refractivity contribution in [1.29, 1.82) is 0 Å². The van der Waals surface area contributed by atoms with E-state index in [1.807, 2.05) is 51.2 Å². The summed E-state index contributed by atoms with van der Waals surface area (Å²) in [5.74, 6) is 0.0150. The summed E-state index contributed by atoms with van der Waals surface area (Å²) in [6, 6.07) is 11.8. The van der Waals surface area contributed by atoms with Gasteiger partial charge in [0.25, 0.3) is 5.91 Å². The van der Waals surface area contributed by atoms with Crippen LogP contribution in [0.15, 0.2) is 36.4 Å². The van der Waals surface area contributed by atoms with Crippen LogP contribution in [0, 0.1) is 6.92 Å². The van der Waals surface area contributed by atoms with E-state index in [-0.39, 0.29) is 11.9 Å². The largest absolute Gasteiger partial charge is 0.398 e. The van der Waals surface area contributed by atoms with Crippen LogP contribution in [-0.4, -0.2) is 17.9 Å². The Morgan fingerprint density at radius 1 is 1.32 bits per heavy atom. The normalized spacial score (nSPS) is 12.2. The van der Waals surface area contributed by atoms with Crippen LogP contribution in [0.4, 0.5) is 5.69 Å². The molecule has 2 aromatic rings. The lowest BCUT2D eigenvalue weighted by atomic mass is 10.1. The SMILES string of the molecule is Cc1sc(C(=O)N(C)C(C)c2ccccc2)cc1N. The Labute approximate surface area is 117 Å². The molecule has 0 aliphatic rings. The zero-order valence-corrected chi connectivity index (χ0v) is 12.2. The van der Waals surface area contributed by atoms with Crippen molar-refractivity contribution in [1.82, 2.24) is 4.90 Å². The Hall–Kier alpha value is -1.81. The van der Waals surface area contributed by atoms with E-state index in [9.17, 15) is 4.79 Å². The second-order valence-corrected chi connectivity index (χ2v) is 5.88. The lowest BCUT2D eigenvalue weighted by Crippen LogP contribution is -2.29. The van der Waals surface area contributed by atoms with Crippen LogP contribution in [0.1, 0.15) is 33.1 Å². The zero-order valence-electron chi connectivity index (χ0n) is 11.4. The highest BCUT2D eigenvalue weighted by Crippen LogP contribution is 2.27. The van der Waals surface area contributed by atoms with Crippen molar-refractivity contribution in [2.75, 3.05) is 12.8 Å². The van der Waals surface area contributed by atoms with E-state index < -0.39 is 0 Å². The molecule has 1 heterocycles. The van der Waals surface area contributed by atoms with Gasteiger partial charge in [0.15, 0.2) is 0 Å². The van der Waals surface area contributed by atoms with Crippen molar-refractivity contribution in [3.63, 3.8) is 0 Å². The summed E-state index contributed by atoms with van der Waals surface area (Å²) >= 11 is 1.45.